The van der Waals surface area contributed by atoms with Gasteiger partial charge in [-0.2, -0.15) is 5.26 Å². The van der Waals surface area contributed by atoms with E-state index in [2.05, 4.69) is 18.3 Å². The molecule has 0 radical (unpaired) electrons. The fraction of sp³-hybridized carbons (Fsp3) is 0.571. The maximum atomic E-state index is 11.5. The van der Waals surface area contributed by atoms with E-state index in [1.54, 1.807) is 0 Å². The van der Waals surface area contributed by atoms with Gasteiger partial charge in [0, 0.05) is 45.3 Å². The molecule has 1 atom stereocenters. The lowest BCUT2D eigenvalue weighted by Crippen LogP contribution is -2.39. The standard InChI is InChI=1S/C14H20N4O/c1-11(9-18-5-3-4-14(18)19)16-8-12-6-13(7-15)17(2)10-12/h6,10-11,16H,3-5,8-9H2,1-2H3. The molecular formula is C14H20N4O. The summed E-state index contributed by atoms with van der Waals surface area (Å²) >= 11 is 0. The summed E-state index contributed by atoms with van der Waals surface area (Å²) in [6.07, 6.45) is 3.63. The zero-order valence-electron chi connectivity index (χ0n) is 11.5. The van der Waals surface area contributed by atoms with Crippen molar-refractivity contribution in [2.75, 3.05) is 13.1 Å². The Labute approximate surface area is 113 Å². The average molecular weight is 260 g/mol. The van der Waals surface area contributed by atoms with Crippen molar-refractivity contribution >= 4 is 5.91 Å². The lowest BCUT2D eigenvalue weighted by molar-refractivity contribution is -0.127. The number of likely N-dealkylation sites (tertiary alicyclic amines) is 1. The molecule has 5 nitrogen and oxygen atoms in total. The maximum Gasteiger partial charge on any atom is 0.222 e. The fourth-order valence-electron chi connectivity index (χ4n) is 2.43. The Bertz CT molecular complexity index is 500. The quantitative estimate of drug-likeness (QED) is 0.859. The Morgan fingerprint density at radius 3 is 2.95 bits per heavy atom. The predicted molar refractivity (Wildman–Crippen MR) is 72.2 cm³/mol. The number of carbonyl (C=O) groups excluding carboxylic acids is 1. The van der Waals surface area contributed by atoms with E-state index in [9.17, 15) is 4.79 Å². The first-order valence-electron chi connectivity index (χ1n) is 6.66. The number of carbonyl (C=O) groups is 1. The van der Waals surface area contributed by atoms with Crippen molar-refractivity contribution in [3.05, 3.63) is 23.5 Å². The van der Waals surface area contributed by atoms with E-state index in [0.717, 1.165) is 31.6 Å². The number of rotatable bonds is 5. The minimum Gasteiger partial charge on any atom is -0.342 e. The Kier molecular flexibility index (Phi) is 4.23. The largest absolute Gasteiger partial charge is 0.342 e. The molecule has 1 aromatic rings. The Balaban J connectivity index is 1.81. The van der Waals surface area contributed by atoms with Crippen LogP contribution in [-0.2, 0) is 18.4 Å². The molecule has 1 saturated heterocycles. The second-order valence-corrected chi connectivity index (χ2v) is 5.18. The molecule has 1 aliphatic heterocycles. The van der Waals surface area contributed by atoms with Crippen molar-refractivity contribution < 1.29 is 4.79 Å². The minimum absolute atomic E-state index is 0.257. The van der Waals surface area contributed by atoms with Crippen LogP contribution in [0.1, 0.15) is 31.0 Å². The Morgan fingerprint density at radius 1 is 1.58 bits per heavy atom. The van der Waals surface area contributed by atoms with E-state index in [1.165, 1.54) is 0 Å². The molecule has 2 rings (SSSR count). The van der Waals surface area contributed by atoms with Crippen LogP contribution in [0.15, 0.2) is 12.3 Å². The molecule has 1 unspecified atom stereocenters. The highest BCUT2D eigenvalue weighted by molar-refractivity contribution is 5.78. The van der Waals surface area contributed by atoms with Crippen molar-refractivity contribution in [3.63, 3.8) is 0 Å². The molecule has 5 heteroatoms. The SMILES string of the molecule is CC(CN1CCCC1=O)NCc1cc(C#N)n(C)c1. The monoisotopic (exact) mass is 260 g/mol. The molecule has 0 saturated carbocycles. The van der Waals surface area contributed by atoms with Gasteiger partial charge in [0.1, 0.15) is 11.8 Å². The number of amides is 1. The van der Waals surface area contributed by atoms with Gasteiger partial charge in [-0.1, -0.05) is 0 Å². The molecule has 0 aromatic carbocycles. The van der Waals surface area contributed by atoms with E-state index < -0.39 is 0 Å². The van der Waals surface area contributed by atoms with Gasteiger partial charge in [-0.25, -0.2) is 0 Å². The molecule has 2 heterocycles. The summed E-state index contributed by atoms with van der Waals surface area (Å²) < 4.78 is 1.83. The summed E-state index contributed by atoms with van der Waals surface area (Å²) in [4.78, 5) is 13.4. The van der Waals surface area contributed by atoms with Crippen molar-refractivity contribution in [3.8, 4) is 6.07 Å². The maximum absolute atomic E-state index is 11.5. The third-order valence-corrected chi connectivity index (χ3v) is 3.50. The molecule has 1 amide bonds. The second-order valence-electron chi connectivity index (χ2n) is 5.18. The van der Waals surface area contributed by atoms with Gasteiger partial charge in [0.15, 0.2) is 0 Å². The number of aryl methyl sites for hydroxylation is 1. The summed E-state index contributed by atoms with van der Waals surface area (Å²) in [6.45, 7) is 4.45. The lowest BCUT2D eigenvalue weighted by atomic mass is 10.2. The van der Waals surface area contributed by atoms with Gasteiger partial charge in [-0.05, 0) is 25.0 Å². The highest BCUT2D eigenvalue weighted by atomic mass is 16.2. The predicted octanol–water partition coefficient (Wildman–Crippen LogP) is 0.997. The second kappa shape index (κ2) is 5.89. The van der Waals surface area contributed by atoms with Crippen LogP contribution < -0.4 is 5.32 Å². The highest BCUT2D eigenvalue weighted by Gasteiger charge is 2.21. The van der Waals surface area contributed by atoms with Gasteiger partial charge in [-0.3, -0.25) is 4.79 Å². The summed E-state index contributed by atoms with van der Waals surface area (Å²) in [5.41, 5.74) is 1.76. The van der Waals surface area contributed by atoms with Crippen LogP contribution in [0.3, 0.4) is 0 Å². The smallest absolute Gasteiger partial charge is 0.222 e. The molecule has 0 bridgehead atoms. The fourth-order valence-corrected chi connectivity index (χ4v) is 2.43. The first-order valence-corrected chi connectivity index (χ1v) is 6.66. The van der Waals surface area contributed by atoms with Crippen LogP contribution in [0.2, 0.25) is 0 Å². The Hall–Kier alpha value is -1.80. The van der Waals surface area contributed by atoms with Crippen LogP contribution in [0, 0.1) is 11.3 Å². The number of nitrogens with zero attached hydrogens (tertiary/aromatic N) is 3. The molecule has 0 aliphatic carbocycles. The van der Waals surface area contributed by atoms with Crippen molar-refractivity contribution in [2.24, 2.45) is 7.05 Å². The topological polar surface area (TPSA) is 61.1 Å². The third kappa shape index (κ3) is 3.36. The number of nitrogens with one attached hydrogen (secondary N) is 1. The van der Waals surface area contributed by atoms with Crippen molar-refractivity contribution in [2.45, 2.75) is 32.4 Å². The summed E-state index contributed by atoms with van der Waals surface area (Å²) in [6, 6.07) is 4.30. The lowest BCUT2D eigenvalue weighted by Gasteiger charge is -2.21. The molecular weight excluding hydrogens is 240 g/mol. The van der Waals surface area contributed by atoms with E-state index >= 15 is 0 Å². The van der Waals surface area contributed by atoms with Gasteiger partial charge in [0.2, 0.25) is 5.91 Å². The molecule has 1 aromatic heterocycles. The highest BCUT2D eigenvalue weighted by Crippen LogP contribution is 2.10. The van der Waals surface area contributed by atoms with Gasteiger partial charge in [0.25, 0.3) is 0 Å². The van der Waals surface area contributed by atoms with Crippen LogP contribution in [0.4, 0.5) is 0 Å². The molecule has 102 valence electrons. The van der Waals surface area contributed by atoms with E-state index in [4.69, 9.17) is 5.26 Å². The van der Waals surface area contributed by atoms with Gasteiger partial charge in [0.05, 0.1) is 0 Å². The van der Waals surface area contributed by atoms with Gasteiger partial charge in [-0.15, -0.1) is 0 Å². The zero-order valence-corrected chi connectivity index (χ0v) is 11.5. The van der Waals surface area contributed by atoms with Crippen molar-refractivity contribution in [1.29, 1.82) is 5.26 Å². The summed E-state index contributed by atoms with van der Waals surface area (Å²) in [5.74, 6) is 0.264. The van der Waals surface area contributed by atoms with Crippen LogP contribution in [0.25, 0.3) is 0 Å². The molecule has 1 N–H and O–H groups in total. The number of aromatic nitrogens is 1. The van der Waals surface area contributed by atoms with Gasteiger partial charge >= 0.3 is 0 Å². The van der Waals surface area contributed by atoms with E-state index in [0.29, 0.717) is 12.1 Å². The van der Waals surface area contributed by atoms with Gasteiger partial charge < -0.3 is 14.8 Å². The summed E-state index contributed by atoms with van der Waals surface area (Å²) in [5, 5.41) is 12.3. The van der Waals surface area contributed by atoms with E-state index in [-0.39, 0.29) is 11.9 Å². The minimum atomic E-state index is 0.257. The summed E-state index contributed by atoms with van der Waals surface area (Å²) in [7, 11) is 1.87. The third-order valence-electron chi connectivity index (χ3n) is 3.50. The van der Waals surface area contributed by atoms with Crippen LogP contribution in [-0.4, -0.2) is 34.5 Å². The van der Waals surface area contributed by atoms with Crippen molar-refractivity contribution in [1.82, 2.24) is 14.8 Å². The first-order chi connectivity index (χ1) is 9.10. The normalized spacial score (nSPS) is 16.7. The number of hydrogen-bond donors (Lipinski definition) is 1. The number of nitriles is 1. The zero-order chi connectivity index (χ0) is 13.8. The molecule has 0 spiro atoms. The van der Waals surface area contributed by atoms with Crippen LogP contribution >= 0.6 is 0 Å². The van der Waals surface area contributed by atoms with Crippen LogP contribution in [0.5, 0.6) is 0 Å². The Morgan fingerprint density at radius 2 is 2.37 bits per heavy atom. The molecule has 1 aliphatic rings. The number of hydrogen-bond acceptors (Lipinski definition) is 3. The average Bonchev–Trinajstić information content (AvgIpc) is 2.94. The molecule has 19 heavy (non-hydrogen) atoms. The van der Waals surface area contributed by atoms with E-state index in [1.807, 2.05) is 28.8 Å². The first kappa shape index (κ1) is 13.6. The molecule has 1 fully saturated rings.